The minimum atomic E-state index is -3.76. The van der Waals surface area contributed by atoms with Crippen molar-refractivity contribution in [2.24, 2.45) is 0 Å². The highest BCUT2D eigenvalue weighted by Crippen LogP contribution is 2.29. The Morgan fingerprint density at radius 1 is 1.37 bits per heavy atom. The molecule has 0 aliphatic carbocycles. The van der Waals surface area contributed by atoms with Crippen molar-refractivity contribution in [1.29, 1.82) is 0 Å². The number of carboxylic acids is 1. The third-order valence-corrected chi connectivity index (χ3v) is 6.11. The fourth-order valence-electron chi connectivity index (χ4n) is 1.42. The third-order valence-electron chi connectivity index (χ3n) is 2.28. The number of nitrogens with zero attached hydrogens (tertiary/aromatic N) is 1. The number of hydrogen-bond donors (Lipinski definition) is 2. The van der Waals surface area contributed by atoms with Crippen LogP contribution in [0.25, 0.3) is 0 Å². The fraction of sp³-hybridized carbons (Fsp3) is 0.200. The van der Waals surface area contributed by atoms with Gasteiger partial charge in [-0.1, -0.05) is 0 Å². The second-order valence-corrected chi connectivity index (χ2v) is 7.72. The number of aromatic nitrogens is 1. The maximum absolute atomic E-state index is 12.1. The first kappa shape index (κ1) is 14.0. The third kappa shape index (κ3) is 2.77. The molecule has 0 amide bonds. The molecule has 2 rings (SSSR count). The molecule has 2 N–H and O–H groups in total. The Morgan fingerprint density at radius 2 is 2.05 bits per heavy atom. The molecule has 2 heterocycles. The lowest BCUT2D eigenvalue weighted by Crippen LogP contribution is -2.13. The van der Waals surface area contributed by atoms with Crippen molar-refractivity contribution in [2.45, 2.75) is 18.1 Å². The second kappa shape index (κ2) is 4.91. The summed E-state index contributed by atoms with van der Waals surface area (Å²) in [5.74, 6) is -1.20. The number of carbonyl (C=O) groups is 1. The predicted octanol–water partition coefficient (Wildman–Crippen LogP) is 2.32. The Labute approximate surface area is 117 Å². The summed E-state index contributed by atoms with van der Waals surface area (Å²) in [7, 11) is -3.76. The second-order valence-electron chi connectivity index (χ2n) is 3.75. The molecule has 0 fully saturated rings. The maximum Gasteiger partial charge on any atom is 0.340 e. The lowest BCUT2D eigenvalue weighted by Gasteiger charge is -2.04. The van der Waals surface area contributed by atoms with E-state index in [2.05, 4.69) is 9.10 Å². The van der Waals surface area contributed by atoms with E-state index in [1.807, 2.05) is 0 Å². The van der Waals surface area contributed by atoms with Crippen molar-refractivity contribution >= 4 is 43.9 Å². The largest absolute Gasteiger partial charge is 0.478 e. The van der Waals surface area contributed by atoms with Gasteiger partial charge in [-0.3, -0.25) is 4.72 Å². The van der Waals surface area contributed by atoms with Crippen LogP contribution in [0.1, 0.15) is 20.9 Å². The van der Waals surface area contributed by atoms with Crippen LogP contribution in [0.3, 0.4) is 0 Å². The molecule has 2 aromatic rings. The number of nitrogens with one attached hydrogen (secondary N) is 1. The van der Waals surface area contributed by atoms with E-state index >= 15 is 0 Å². The molecular weight excluding hydrogens is 308 g/mol. The number of carboxylic acid groups (broad SMARTS) is 1. The first-order chi connectivity index (χ1) is 8.81. The number of rotatable bonds is 4. The van der Waals surface area contributed by atoms with Crippen LogP contribution < -0.4 is 4.72 Å². The van der Waals surface area contributed by atoms with Gasteiger partial charge in [-0.15, -0.1) is 11.3 Å². The van der Waals surface area contributed by atoms with Gasteiger partial charge in [-0.25, -0.2) is 13.2 Å². The molecule has 0 aliphatic rings. The number of thiophene rings is 1. The first-order valence-corrected chi connectivity index (χ1v) is 8.17. The van der Waals surface area contributed by atoms with Gasteiger partial charge in [0.05, 0.1) is 5.69 Å². The zero-order valence-electron chi connectivity index (χ0n) is 10.00. The van der Waals surface area contributed by atoms with Gasteiger partial charge in [0.2, 0.25) is 0 Å². The monoisotopic (exact) mass is 318 g/mol. The molecular formula is C10H10N2O4S3. The number of hydrogen-bond acceptors (Lipinski definition) is 6. The quantitative estimate of drug-likeness (QED) is 0.902. The SMILES string of the molecule is Cc1ccc(S(=O)(=O)Nc2snc(C)c2C(=O)O)s1. The Morgan fingerprint density at radius 3 is 2.58 bits per heavy atom. The molecule has 102 valence electrons. The fourth-order valence-corrected chi connectivity index (χ4v) is 4.79. The number of sulfonamides is 1. The van der Waals surface area contributed by atoms with Crippen LogP contribution in [0.2, 0.25) is 0 Å². The lowest BCUT2D eigenvalue weighted by molar-refractivity contribution is 0.0697. The lowest BCUT2D eigenvalue weighted by atomic mass is 10.2. The van der Waals surface area contributed by atoms with Crippen LogP contribution in [0.15, 0.2) is 16.3 Å². The minimum absolute atomic E-state index is 0.0241. The molecule has 0 aromatic carbocycles. The van der Waals surface area contributed by atoms with Crippen LogP contribution in [-0.4, -0.2) is 23.9 Å². The summed E-state index contributed by atoms with van der Waals surface area (Å²) in [6.45, 7) is 3.32. The summed E-state index contributed by atoms with van der Waals surface area (Å²) in [6, 6.07) is 3.17. The number of anilines is 1. The van der Waals surface area contributed by atoms with Crippen LogP contribution >= 0.6 is 22.9 Å². The summed E-state index contributed by atoms with van der Waals surface area (Å²) < 4.78 is 30.4. The van der Waals surface area contributed by atoms with Crippen molar-refractivity contribution in [2.75, 3.05) is 4.72 Å². The summed E-state index contributed by atoms with van der Waals surface area (Å²) in [5.41, 5.74) is 0.180. The molecule has 0 atom stereocenters. The topological polar surface area (TPSA) is 96.4 Å². The molecule has 0 saturated carbocycles. The molecule has 9 heteroatoms. The van der Waals surface area contributed by atoms with Crippen molar-refractivity contribution in [3.8, 4) is 0 Å². The van der Waals surface area contributed by atoms with Crippen molar-refractivity contribution in [1.82, 2.24) is 4.37 Å². The normalized spacial score (nSPS) is 11.5. The standard InChI is InChI=1S/C10H10N2O4S3/c1-5-3-4-7(17-5)19(15,16)12-9-8(10(13)14)6(2)11-18-9/h3-4,12H,1-2H3,(H,13,14). The molecule has 0 saturated heterocycles. The summed E-state index contributed by atoms with van der Waals surface area (Å²) in [6.07, 6.45) is 0. The van der Waals surface area contributed by atoms with Crippen molar-refractivity contribution in [3.63, 3.8) is 0 Å². The molecule has 6 nitrogen and oxygen atoms in total. The van der Waals surface area contributed by atoms with E-state index in [4.69, 9.17) is 5.11 Å². The van der Waals surface area contributed by atoms with E-state index in [-0.39, 0.29) is 20.5 Å². The zero-order chi connectivity index (χ0) is 14.2. The molecule has 0 aliphatic heterocycles. The van der Waals surface area contributed by atoms with Gasteiger partial charge in [0, 0.05) is 4.88 Å². The number of aromatic carboxylic acids is 1. The molecule has 19 heavy (non-hydrogen) atoms. The Hall–Kier alpha value is -1.45. The Balaban J connectivity index is 2.39. The molecule has 0 bridgehead atoms. The molecule has 2 aromatic heterocycles. The van der Waals surface area contributed by atoms with Gasteiger partial charge in [0.1, 0.15) is 14.8 Å². The van der Waals surface area contributed by atoms with Crippen LogP contribution in [0.5, 0.6) is 0 Å². The van der Waals surface area contributed by atoms with E-state index in [1.165, 1.54) is 13.0 Å². The van der Waals surface area contributed by atoms with Gasteiger partial charge in [0.25, 0.3) is 10.0 Å². The summed E-state index contributed by atoms with van der Waals surface area (Å²) in [4.78, 5) is 11.9. The van der Waals surface area contributed by atoms with Gasteiger partial charge < -0.3 is 5.11 Å². The Bertz CT molecular complexity index is 730. The molecule has 0 radical (unpaired) electrons. The van der Waals surface area contributed by atoms with E-state index < -0.39 is 16.0 Å². The van der Waals surface area contributed by atoms with E-state index in [0.29, 0.717) is 0 Å². The highest BCUT2D eigenvalue weighted by molar-refractivity contribution is 7.94. The van der Waals surface area contributed by atoms with E-state index in [1.54, 1.807) is 13.0 Å². The minimum Gasteiger partial charge on any atom is -0.478 e. The average molecular weight is 318 g/mol. The van der Waals surface area contributed by atoms with Gasteiger partial charge in [-0.05, 0) is 37.5 Å². The van der Waals surface area contributed by atoms with Crippen molar-refractivity contribution < 1.29 is 18.3 Å². The predicted molar refractivity (Wildman–Crippen MR) is 73.7 cm³/mol. The van der Waals surface area contributed by atoms with Crippen LogP contribution in [-0.2, 0) is 10.0 Å². The van der Waals surface area contributed by atoms with Crippen LogP contribution in [0, 0.1) is 13.8 Å². The summed E-state index contributed by atoms with van der Waals surface area (Å²) in [5, 5.41) is 9.07. The smallest absolute Gasteiger partial charge is 0.340 e. The average Bonchev–Trinajstić information content (AvgIpc) is 2.85. The molecule has 0 spiro atoms. The highest BCUT2D eigenvalue weighted by atomic mass is 32.2. The summed E-state index contributed by atoms with van der Waals surface area (Å²) >= 11 is 1.94. The zero-order valence-corrected chi connectivity index (χ0v) is 12.4. The van der Waals surface area contributed by atoms with Gasteiger partial charge in [-0.2, -0.15) is 4.37 Å². The maximum atomic E-state index is 12.1. The molecule has 0 unspecified atom stereocenters. The number of aryl methyl sites for hydroxylation is 2. The highest BCUT2D eigenvalue weighted by Gasteiger charge is 2.23. The van der Waals surface area contributed by atoms with Crippen molar-refractivity contribution in [3.05, 3.63) is 28.3 Å². The first-order valence-electron chi connectivity index (χ1n) is 5.10. The van der Waals surface area contributed by atoms with Gasteiger partial charge in [0.15, 0.2) is 0 Å². The van der Waals surface area contributed by atoms with Crippen LogP contribution in [0.4, 0.5) is 5.00 Å². The Kier molecular flexibility index (Phi) is 3.61. The van der Waals surface area contributed by atoms with E-state index in [9.17, 15) is 13.2 Å². The van der Waals surface area contributed by atoms with Gasteiger partial charge >= 0.3 is 5.97 Å². The van der Waals surface area contributed by atoms with E-state index in [0.717, 1.165) is 27.7 Å².